The Morgan fingerprint density at radius 1 is 1.38 bits per heavy atom. The Balaban J connectivity index is 1.82. The molecule has 29 heavy (non-hydrogen) atoms. The van der Waals surface area contributed by atoms with Crippen LogP contribution in [0.1, 0.15) is 50.6 Å². The molecule has 0 N–H and O–H groups in total. The van der Waals surface area contributed by atoms with Gasteiger partial charge in [0.25, 0.3) is 5.91 Å². The Labute approximate surface area is 166 Å². The number of aryl methyl sites for hydroxylation is 1. The van der Waals surface area contributed by atoms with Crippen LogP contribution < -0.4 is 4.74 Å². The van der Waals surface area contributed by atoms with Gasteiger partial charge in [-0.25, -0.2) is 9.78 Å². The first kappa shape index (κ1) is 21.0. The number of amides is 1. The molecule has 2 aromatic heterocycles. The van der Waals surface area contributed by atoms with E-state index in [9.17, 15) is 22.8 Å². The number of halogens is 3. The molecule has 0 spiro atoms. The van der Waals surface area contributed by atoms with E-state index in [1.807, 2.05) is 9.47 Å². The Hall–Kier alpha value is -2.74. The molecule has 0 radical (unpaired) electrons. The van der Waals surface area contributed by atoms with Crippen molar-refractivity contribution in [3.8, 4) is 5.75 Å². The van der Waals surface area contributed by atoms with E-state index in [0.29, 0.717) is 22.4 Å². The number of fused-ring (bicyclic) bond motifs is 1. The van der Waals surface area contributed by atoms with Crippen molar-refractivity contribution in [3.63, 3.8) is 0 Å². The molecule has 0 bridgehead atoms. The van der Waals surface area contributed by atoms with Crippen molar-refractivity contribution >= 4 is 21.3 Å². The lowest BCUT2D eigenvalue weighted by molar-refractivity contribution is -0.153. The van der Waals surface area contributed by atoms with Gasteiger partial charge in [0.2, 0.25) is 0 Å². The van der Waals surface area contributed by atoms with Crippen LogP contribution >= 0.6 is 9.47 Å². The maximum atomic E-state index is 12.8. The zero-order valence-electron chi connectivity index (χ0n) is 15.5. The van der Waals surface area contributed by atoms with Crippen molar-refractivity contribution < 1.29 is 32.0 Å². The fraction of sp³-hybridized carbons (Fsp3) is 0.333. The standard InChI is InChI=1S/C18H17F3N3O4P/c1-9-5-13(23-6-14(9)27-8-18(19,20)21)10(2)24-7-12-11(16(24)25)3-4-22-15(12)17(26)28-29/h3-6,10H,7-8,29H2,1-2H3. The fourth-order valence-electron chi connectivity index (χ4n) is 3.06. The van der Waals surface area contributed by atoms with Crippen LogP contribution in [-0.4, -0.2) is 39.5 Å². The average Bonchev–Trinajstić information content (AvgIpc) is 3.02. The molecule has 3 rings (SSSR count). The van der Waals surface area contributed by atoms with Crippen LogP contribution in [0.15, 0.2) is 24.5 Å². The van der Waals surface area contributed by atoms with Gasteiger partial charge in [0.1, 0.15) is 5.75 Å². The van der Waals surface area contributed by atoms with E-state index in [2.05, 4.69) is 14.5 Å². The molecule has 11 heteroatoms. The second-order valence-electron chi connectivity index (χ2n) is 6.48. The molecular weight excluding hydrogens is 410 g/mol. The highest BCUT2D eigenvalue weighted by molar-refractivity contribution is 7.10. The summed E-state index contributed by atoms with van der Waals surface area (Å²) < 4.78 is 46.4. The normalized spacial score (nSPS) is 14.6. The van der Waals surface area contributed by atoms with Crippen molar-refractivity contribution in [1.29, 1.82) is 0 Å². The second kappa shape index (κ2) is 7.94. The largest absolute Gasteiger partial charge is 0.482 e. The predicted octanol–water partition coefficient (Wildman–Crippen LogP) is 3.39. The first-order valence-electron chi connectivity index (χ1n) is 8.48. The molecule has 3 heterocycles. The monoisotopic (exact) mass is 427 g/mol. The second-order valence-corrected chi connectivity index (χ2v) is 6.71. The molecule has 1 aliphatic heterocycles. The highest BCUT2D eigenvalue weighted by Gasteiger charge is 2.36. The van der Waals surface area contributed by atoms with Crippen LogP contribution in [0.2, 0.25) is 0 Å². The van der Waals surface area contributed by atoms with Crippen molar-refractivity contribution in [2.45, 2.75) is 32.6 Å². The number of ether oxygens (including phenoxy) is 1. The zero-order valence-corrected chi connectivity index (χ0v) is 16.6. The maximum Gasteiger partial charge on any atom is 0.422 e. The Kier molecular flexibility index (Phi) is 5.75. The fourth-order valence-corrected chi connectivity index (χ4v) is 3.17. The van der Waals surface area contributed by atoms with E-state index in [1.54, 1.807) is 19.9 Å². The summed E-state index contributed by atoms with van der Waals surface area (Å²) in [4.78, 5) is 34.4. The molecule has 1 amide bonds. The highest BCUT2D eigenvalue weighted by Crippen LogP contribution is 2.33. The van der Waals surface area contributed by atoms with Crippen molar-refractivity contribution in [2.24, 2.45) is 0 Å². The molecule has 0 aromatic carbocycles. The topological polar surface area (TPSA) is 81.6 Å². The van der Waals surface area contributed by atoms with E-state index in [0.717, 1.165) is 0 Å². The van der Waals surface area contributed by atoms with Crippen LogP contribution in [0.4, 0.5) is 13.2 Å². The first-order valence-corrected chi connectivity index (χ1v) is 8.95. The predicted molar refractivity (Wildman–Crippen MR) is 98.2 cm³/mol. The summed E-state index contributed by atoms with van der Waals surface area (Å²) in [7, 11) is 1.85. The highest BCUT2D eigenvalue weighted by atomic mass is 31.0. The van der Waals surface area contributed by atoms with Gasteiger partial charge in [-0.3, -0.25) is 9.78 Å². The van der Waals surface area contributed by atoms with Crippen molar-refractivity contribution in [2.75, 3.05) is 6.61 Å². The number of nitrogens with zero attached hydrogens (tertiary/aromatic N) is 3. The van der Waals surface area contributed by atoms with E-state index in [4.69, 9.17) is 4.74 Å². The third-order valence-electron chi connectivity index (χ3n) is 4.55. The molecule has 2 atom stereocenters. The number of carbonyl (C=O) groups is 2. The van der Waals surface area contributed by atoms with Crippen LogP contribution in [0.25, 0.3) is 0 Å². The van der Waals surface area contributed by atoms with Crippen molar-refractivity contribution in [1.82, 2.24) is 14.9 Å². The molecule has 0 saturated heterocycles. The number of pyridine rings is 2. The van der Waals surface area contributed by atoms with Crippen LogP contribution in [0.3, 0.4) is 0 Å². The molecule has 154 valence electrons. The van der Waals surface area contributed by atoms with Gasteiger partial charge in [-0.1, -0.05) is 0 Å². The van der Waals surface area contributed by atoms with Crippen LogP contribution in [-0.2, 0) is 11.1 Å². The number of alkyl halides is 3. The van der Waals surface area contributed by atoms with Crippen LogP contribution in [0, 0.1) is 6.92 Å². The van der Waals surface area contributed by atoms with Gasteiger partial charge < -0.3 is 14.2 Å². The average molecular weight is 427 g/mol. The van der Waals surface area contributed by atoms with Gasteiger partial charge in [-0.2, -0.15) is 13.2 Å². The van der Waals surface area contributed by atoms with E-state index in [-0.39, 0.29) is 23.9 Å². The minimum Gasteiger partial charge on any atom is -0.482 e. The molecule has 0 saturated carbocycles. The number of carbonyl (C=O) groups excluding carboxylic acids is 2. The summed E-state index contributed by atoms with van der Waals surface area (Å²) in [6.45, 7) is 2.06. The number of hydrogen-bond donors (Lipinski definition) is 0. The summed E-state index contributed by atoms with van der Waals surface area (Å²) in [5.74, 6) is -0.956. The minimum absolute atomic E-state index is 0.0176. The van der Waals surface area contributed by atoms with Gasteiger partial charge in [-0.15, -0.1) is 0 Å². The maximum absolute atomic E-state index is 12.8. The molecule has 0 fully saturated rings. The molecule has 7 nitrogen and oxygen atoms in total. The Morgan fingerprint density at radius 3 is 2.72 bits per heavy atom. The van der Waals surface area contributed by atoms with Gasteiger partial charge in [0.05, 0.1) is 27.4 Å². The summed E-state index contributed by atoms with van der Waals surface area (Å²) in [6, 6.07) is 2.60. The van der Waals surface area contributed by atoms with Crippen molar-refractivity contribution in [3.05, 3.63) is 52.6 Å². The van der Waals surface area contributed by atoms with Crippen LogP contribution in [0.5, 0.6) is 5.75 Å². The molecule has 1 aliphatic rings. The lowest BCUT2D eigenvalue weighted by Crippen LogP contribution is -2.28. The molecule has 2 unspecified atom stereocenters. The Bertz CT molecular complexity index is 968. The van der Waals surface area contributed by atoms with Gasteiger partial charge in [0.15, 0.2) is 12.3 Å². The third kappa shape index (κ3) is 4.32. The Morgan fingerprint density at radius 2 is 2.10 bits per heavy atom. The quantitative estimate of drug-likeness (QED) is 0.681. The van der Waals surface area contributed by atoms with E-state index < -0.39 is 24.8 Å². The number of rotatable bonds is 5. The molecule has 2 aromatic rings. The summed E-state index contributed by atoms with van der Waals surface area (Å²) in [5, 5.41) is 0. The number of aromatic nitrogens is 2. The van der Waals surface area contributed by atoms with Gasteiger partial charge >= 0.3 is 12.1 Å². The van der Waals surface area contributed by atoms with Gasteiger partial charge in [-0.05, 0) is 31.5 Å². The van der Waals surface area contributed by atoms with E-state index >= 15 is 0 Å². The minimum atomic E-state index is -4.45. The summed E-state index contributed by atoms with van der Waals surface area (Å²) in [6.07, 6.45) is -1.88. The SMILES string of the molecule is Cc1cc(C(C)N2Cc3c(ccnc3C(=O)OP)C2=O)ncc1OCC(F)(F)F. The molecule has 0 aliphatic carbocycles. The lowest BCUT2D eigenvalue weighted by Gasteiger charge is -2.24. The third-order valence-corrected chi connectivity index (χ3v) is 4.76. The smallest absolute Gasteiger partial charge is 0.422 e. The zero-order chi connectivity index (χ0) is 21.3. The van der Waals surface area contributed by atoms with E-state index in [1.165, 1.54) is 23.4 Å². The molecular formula is C18H17F3N3O4P. The number of hydrogen-bond acceptors (Lipinski definition) is 6. The van der Waals surface area contributed by atoms with Gasteiger partial charge in [0, 0.05) is 23.9 Å². The first-order chi connectivity index (χ1) is 13.6. The lowest BCUT2D eigenvalue weighted by atomic mass is 10.1. The summed E-state index contributed by atoms with van der Waals surface area (Å²) >= 11 is 0. The summed E-state index contributed by atoms with van der Waals surface area (Å²) in [5.41, 5.74) is 1.80.